The molecular weight excluding hydrogens is 466 g/mol. The van der Waals surface area contributed by atoms with Crippen molar-refractivity contribution in [2.75, 3.05) is 25.0 Å². The summed E-state index contributed by atoms with van der Waals surface area (Å²) < 4.78 is 13.1. The van der Waals surface area contributed by atoms with Gasteiger partial charge in [-0.1, -0.05) is 6.08 Å². The maximum atomic E-state index is 12.8. The minimum absolute atomic E-state index is 0.224. The Balaban J connectivity index is 1.33. The van der Waals surface area contributed by atoms with Gasteiger partial charge >= 0.3 is 6.09 Å². The molecule has 4 rings (SSSR count). The zero-order valence-corrected chi connectivity index (χ0v) is 20.8. The molecule has 1 unspecified atom stereocenters. The van der Waals surface area contributed by atoms with Gasteiger partial charge in [0.1, 0.15) is 11.3 Å². The van der Waals surface area contributed by atoms with Crippen molar-refractivity contribution < 1.29 is 19.1 Å². The molecule has 1 aliphatic heterocycles. The average molecular weight is 496 g/mol. The van der Waals surface area contributed by atoms with Crippen molar-refractivity contribution in [3.05, 3.63) is 71.3 Å². The number of rotatable bonds is 6. The van der Waals surface area contributed by atoms with Crippen LogP contribution < -0.4 is 5.32 Å². The van der Waals surface area contributed by atoms with E-state index in [0.29, 0.717) is 42.8 Å². The van der Waals surface area contributed by atoms with Crippen LogP contribution in [0.15, 0.2) is 54.3 Å². The van der Waals surface area contributed by atoms with Gasteiger partial charge in [0.15, 0.2) is 5.13 Å². The molecule has 0 radical (unpaired) electrons. The van der Waals surface area contributed by atoms with E-state index in [2.05, 4.69) is 15.3 Å². The van der Waals surface area contributed by atoms with E-state index in [1.165, 1.54) is 11.3 Å². The molecule has 1 fully saturated rings. The van der Waals surface area contributed by atoms with Crippen molar-refractivity contribution in [2.45, 2.75) is 39.0 Å². The van der Waals surface area contributed by atoms with E-state index in [-0.39, 0.29) is 18.1 Å². The molecule has 3 aromatic heterocycles. The Bertz CT molecular complexity index is 1180. The molecule has 0 bridgehead atoms. The normalized spacial score (nSPS) is 16.4. The average Bonchev–Trinajstić information content (AvgIpc) is 3.47. The third kappa shape index (κ3) is 7.00. The molecule has 0 aliphatic carbocycles. The second-order valence-electron chi connectivity index (χ2n) is 9.10. The van der Waals surface area contributed by atoms with Gasteiger partial charge in [-0.25, -0.2) is 9.78 Å². The summed E-state index contributed by atoms with van der Waals surface area (Å²) in [4.78, 5) is 35.3. The fourth-order valence-corrected chi connectivity index (χ4v) is 4.19. The van der Waals surface area contributed by atoms with Crippen LogP contribution in [0.25, 0.3) is 6.08 Å². The van der Waals surface area contributed by atoms with Crippen molar-refractivity contribution in [3.63, 3.8) is 0 Å². The van der Waals surface area contributed by atoms with Crippen LogP contribution in [-0.2, 0) is 16.0 Å². The maximum Gasteiger partial charge on any atom is 0.410 e. The van der Waals surface area contributed by atoms with Gasteiger partial charge in [-0.2, -0.15) is 0 Å². The van der Waals surface area contributed by atoms with Crippen LogP contribution in [0.4, 0.5) is 9.93 Å². The molecule has 0 aromatic carbocycles. The lowest BCUT2D eigenvalue weighted by Crippen LogP contribution is -2.46. The van der Waals surface area contributed by atoms with E-state index >= 15 is 0 Å². The zero-order chi connectivity index (χ0) is 24.8. The molecule has 3 aromatic rings. The van der Waals surface area contributed by atoms with Crippen LogP contribution in [0, 0.1) is 0 Å². The number of hydrogen-bond acceptors (Lipinski definition) is 7. The van der Waals surface area contributed by atoms with E-state index in [1.807, 2.05) is 67.3 Å². The molecule has 1 saturated heterocycles. The van der Waals surface area contributed by atoms with Crippen molar-refractivity contribution in [1.82, 2.24) is 19.4 Å². The highest BCUT2D eigenvalue weighted by Gasteiger charge is 2.27. The van der Waals surface area contributed by atoms with Crippen molar-refractivity contribution in [1.29, 1.82) is 0 Å². The van der Waals surface area contributed by atoms with Gasteiger partial charge in [-0.15, -0.1) is 11.3 Å². The number of aromatic nitrogens is 3. The monoisotopic (exact) mass is 495 g/mol. The second kappa shape index (κ2) is 10.8. The number of pyridine rings is 1. The molecular formula is C25H29N5O4S. The second-order valence-corrected chi connectivity index (χ2v) is 9.96. The number of nitrogens with one attached hydrogen (secondary N) is 1. The Labute approximate surface area is 208 Å². The number of hydrogen-bond donors (Lipinski definition) is 1. The maximum absolute atomic E-state index is 12.8. The molecule has 184 valence electrons. The zero-order valence-electron chi connectivity index (χ0n) is 20.0. The fourth-order valence-electron chi connectivity index (χ4n) is 3.51. The molecule has 4 heterocycles. The molecule has 0 saturated carbocycles. The van der Waals surface area contributed by atoms with Crippen LogP contribution in [-0.4, -0.2) is 62.8 Å². The van der Waals surface area contributed by atoms with Gasteiger partial charge in [0, 0.05) is 37.1 Å². The van der Waals surface area contributed by atoms with E-state index in [1.54, 1.807) is 23.4 Å². The van der Waals surface area contributed by atoms with E-state index in [9.17, 15) is 9.59 Å². The first-order valence-corrected chi connectivity index (χ1v) is 12.2. The fraction of sp³-hybridized carbons (Fsp3) is 0.360. The SMILES string of the molecule is CC(C)(C)OC(=O)N1CCOC(/C=C/c2csc(NC(=O)c3cccn3Cc3ccncc3)n2)C1. The summed E-state index contributed by atoms with van der Waals surface area (Å²) in [5, 5.41) is 5.24. The van der Waals surface area contributed by atoms with Gasteiger partial charge < -0.3 is 18.9 Å². The number of carbonyl (C=O) groups excluding carboxylic acids is 2. The Morgan fingerprint density at radius 2 is 2.09 bits per heavy atom. The van der Waals surface area contributed by atoms with E-state index < -0.39 is 5.60 Å². The number of morpholine rings is 1. The van der Waals surface area contributed by atoms with Gasteiger partial charge in [-0.05, 0) is 56.7 Å². The van der Waals surface area contributed by atoms with E-state index in [0.717, 1.165) is 5.56 Å². The Morgan fingerprint density at radius 1 is 1.29 bits per heavy atom. The molecule has 1 aliphatic rings. The highest BCUT2D eigenvalue weighted by atomic mass is 32.1. The van der Waals surface area contributed by atoms with E-state index in [4.69, 9.17) is 9.47 Å². The first-order valence-electron chi connectivity index (χ1n) is 11.4. The summed E-state index contributed by atoms with van der Waals surface area (Å²) in [7, 11) is 0. The number of thiazole rings is 1. The minimum atomic E-state index is -0.539. The number of anilines is 1. The van der Waals surface area contributed by atoms with Crippen LogP contribution in [0.5, 0.6) is 0 Å². The lowest BCUT2D eigenvalue weighted by atomic mass is 10.2. The molecule has 35 heavy (non-hydrogen) atoms. The number of amides is 2. The molecule has 10 heteroatoms. The number of ether oxygens (including phenoxy) is 2. The third-order valence-electron chi connectivity index (χ3n) is 5.13. The van der Waals surface area contributed by atoms with Gasteiger partial charge in [-0.3, -0.25) is 15.1 Å². The standard InChI is InChI=1S/C25H29N5O4S/c1-25(2,3)34-24(32)30-13-14-33-20(16-30)7-6-19-17-35-23(27-19)28-22(31)21-5-4-12-29(21)15-18-8-10-26-11-9-18/h4-12,17,20H,13-16H2,1-3H3,(H,27,28,31)/b7-6+. The molecule has 1 N–H and O–H groups in total. The van der Waals surface area contributed by atoms with Crippen LogP contribution in [0.3, 0.4) is 0 Å². The van der Waals surface area contributed by atoms with Crippen LogP contribution in [0.2, 0.25) is 0 Å². The first-order chi connectivity index (χ1) is 16.8. The largest absolute Gasteiger partial charge is 0.444 e. The topological polar surface area (TPSA) is 98.6 Å². The van der Waals surface area contributed by atoms with Gasteiger partial charge in [0.25, 0.3) is 5.91 Å². The molecule has 9 nitrogen and oxygen atoms in total. The highest BCUT2D eigenvalue weighted by molar-refractivity contribution is 7.14. The lowest BCUT2D eigenvalue weighted by molar-refractivity contribution is -0.0261. The Hall–Kier alpha value is -3.50. The Morgan fingerprint density at radius 3 is 2.86 bits per heavy atom. The van der Waals surface area contributed by atoms with Crippen LogP contribution >= 0.6 is 11.3 Å². The summed E-state index contributed by atoms with van der Waals surface area (Å²) in [6.45, 7) is 7.46. The lowest BCUT2D eigenvalue weighted by Gasteiger charge is -2.33. The quantitative estimate of drug-likeness (QED) is 0.548. The number of nitrogens with zero attached hydrogens (tertiary/aromatic N) is 4. The van der Waals surface area contributed by atoms with Gasteiger partial charge in [0.05, 0.1) is 24.9 Å². The molecule has 2 amide bonds. The Kier molecular flexibility index (Phi) is 7.62. The van der Waals surface area contributed by atoms with Crippen molar-refractivity contribution in [2.24, 2.45) is 0 Å². The summed E-state index contributed by atoms with van der Waals surface area (Å²) in [6, 6.07) is 7.46. The summed E-state index contributed by atoms with van der Waals surface area (Å²) in [5.74, 6) is -0.224. The molecule has 1 atom stereocenters. The smallest absolute Gasteiger partial charge is 0.410 e. The summed E-state index contributed by atoms with van der Waals surface area (Å²) in [6.07, 6.45) is 8.45. The summed E-state index contributed by atoms with van der Waals surface area (Å²) >= 11 is 1.35. The van der Waals surface area contributed by atoms with Crippen molar-refractivity contribution >= 4 is 34.5 Å². The van der Waals surface area contributed by atoms with Crippen molar-refractivity contribution in [3.8, 4) is 0 Å². The predicted molar refractivity (Wildman–Crippen MR) is 134 cm³/mol. The van der Waals surface area contributed by atoms with Crippen LogP contribution in [0.1, 0.15) is 42.5 Å². The molecule has 0 spiro atoms. The van der Waals surface area contributed by atoms with Gasteiger partial charge in [0.2, 0.25) is 0 Å². The predicted octanol–water partition coefficient (Wildman–Crippen LogP) is 4.29. The first kappa shape index (κ1) is 24.6. The number of carbonyl (C=O) groups is 2. The third-order valence-corrected chi connectivity index (χ3v) is 5.91. The highest BCUT2D eigenvalue weighted by Crippen LogP contribution is 2.19. The minimum Gasteiger partial charge on any atom is -0.444 e. The summed E-state index contributed by atoms with van der Waals surface area (Å²) in [5.41, 5.74) is 1.77.